The fraction of sp³-hybridized carbons (Fsp3) is 0.519. The lowest BCUT2D eigenvalue weighted by atomic mass is 9.91. The van der Waals surface area contributed by atoms with E-state index in [0.29, 0.717) is 12.1 Å². The van der Waals surface area contributed by atoms with Gasteiger partial charge in [0.25, 0.3) is 0 Å². The molecule has 2 aromatic carbocycles. The SMILES string of the molecule is CN1C2CCC1CC(N(C(=O)CS(=O)(=O)c1ccccc1)C(c1ccc(OC(F)F)cc1)C1CC1)C2. The molecular weight excluding hydrogens is 486 g/mol. The van der Waals surface area contributed by atoms with E-state index in [0.717, 1.165) is 44.1 Å². The largest absolute Gasteiger partial charge is 0.435 e. The first-order valence-electron chi connectivity index (χ1n) is 12.6. The summed E-state index contributed by atoms with van der Waals surface area (Å²) in [5.41, 5.74) is 0.829. The van der Waals surface area contributed by atoms with Crippen LogP contribution in [0.4, 0.5) is 8.78 Å². The van der Waals surface area contributed by atoms with Gasteiger partial charge >= 0.3 is 6.61 Å². The number of carbonyl (C=O) groups excluding carboxylic acids is 1. The summed E-state index contributed by atoms with van der Waals surface area (Å²) in [7, 11) is -1.68. The van der Waals surface area contributed by atoms with Gasteiger partial charge in [-0.3, -0.25) is 4.79 Å². The Morgan fingerprint density at radius 3 is 2.17 bits per heavy atom. The maximum atomic E-state index is 13.9. The highest BCUT2D eigenvalue weighted by Crippen LogP contribution is 2.48. The number of fused-ring (bicyclic) bond motifs is 2. The number of carbonyl (C=O) groups is 1. The van der Waals surface area contributed by atoms with Crippen LogP contribution in [0.2, 0.25) is 0 Å². The molecule has 2 bridgehead atoms. The van der Waals surface area contributed by atoms with Gasteiger partial charge < -0.3 is 14.5 Å². The average molecular weight is 519 g/mol. The van der Waals surface area contributed by atoms with Gasteiger partial charge in [0.1, 0.15) is 11.5 Å². The maximum absolute atomic E-state index is 13.9. The van der Waals surface area contributed by atoms with Crippen LogP contribution in [0.5, 0.6) is 5.75 Å². The number of benzene rings is 2. The van der Waals surface area contributed by atoms with Crippen molar-refractivity contribution in [3.05, 3.63) is 60.2 Å². The topological polar surface area (TPSA) is 66.9 Å². The fourth-order valence-corrected chi connectivity index (χ4v) is 7.27. The molecule has 9 heteroatoms. The number of ether oxygens (including phenoxy) is 1. The normalized spacial score (nSPS) is 25.1. The van der Waals surface area contributed by atoms with E-state index < -0.39 is 28.1 Å². The van der Waals surface area contributed by atoms with Crippen LogP contribution in [0.25, 0.3) is 0 Å². The molecule has 0 spiro atoms. The van der Waals surface area contributed by atoms with Crippen LogP contribution in [0.15, 0.2) is 59.5 Å². The second-order valence-electron chi connectivity index (χ2n) is 10.3. The first-order chi connectivity index (χ1) is 17.2. The van der Waals surface area contributed by atoms with Crippen molar-refractivity contribution in [1.82, 2.24) is 9.80 Å². The Morgan fingerprint density at radius 1 is 1.00 bits per heavy atom. The van der Waals surface area contributed by atoms with Crippen molar-refractivity contribution >= 4 is 15.7 Å². The number of nitrogens with zero attached hydrogens (tertiary/aromatic N) is 2. The Balaban J connectivity index is 1.47. The van der Waals surface area contributed by atoms with Crippen LogP contribution in [0.1, 0.15) is 50.1 Å². The first kappa shape index (κ1) is 25.1. The Hall–Kier alpha value is -2.52. The summed E-state index contributed by atoms with van der Waals surface area (Å²) in [6, 6.07) is 14.9. The minimum Gasteiger partial charge on any atom is -0.435 e. The minimum absolute atomic E-state index is 0.0603. The quantitative estimate of drug-likeness (QED) is 0.483. The Morgan fingerprint density at radius 2 is 1.61 bits per heavy atom. The van der Waals surface area contributed by atoms with E-state index in [9.17, 15) is 22.0 Å². The van der Waals surface area contributed by atoms with E-state index in [1.165, 1.54) is 24.3 Å². The number of halogens is 2. The molecule has 3 fully saturated rings. The van der Waals surface area contributed by atoms with Crippen molar-refractivity contribution in [1.29, 1.82) is 0 Å². The van der Waals surface area contributed by atoms with Crippen molar-refractivity contribution in [3.8, 4) is 5.75 Å². The number of hydrogen-bond acceptors (Lipinski definition) is 5. The third kappa shape index (κ3) is 5.27. The number of hydrogen-bond donors (Lipinski definition) is 0. The average Bonchev–Trinajstić information content (AvgIpc) is 3.65. The van der Waals surface area contributed by atoms with Gasteiger partial charge in [0.05, 0.1) is 10.9 Å². The molecule has 0 radical (unpaired) electrons. The monoisotopic (exact) mass is 518 g/mol. The van der Waals surface area contributed by atoms with Crippen molar-refractivity contribution in [2.45, 2.75) is 74.2 Å². The Bertz CT molecular complexity index is 1160. The molecule has 36 heavy (non-hydrogen) atoms. The molecule has 0 aromatic heterocycles. The number of alkyl halides is 2. The fourth-order valence-electron chi connectivity index (χ4n) is 6.06. The van der Waals surface area contributed by atoms with Gasteiger partial charge in [-0.15, -0.1) is 0 Å². The van der Waals surface area contributed by atoms with Crippen molar-refractivity contribution in [2.75, 3.05) is 12.8 Å². The van der Waals surface area contributed by atoms with E-state index >= 15 is 0 Å². The summed E-state index contributed by atoms with van der Waals surface area (Å²) < 4.78 is 56.2. The lowest BCUT2D eigenvalue weighted by Gasteiger charge is -2.45. The van der Waals surface area contributed by atoms with Crippen molar-refractivity contribution in [3.63, 3.8) is 0 Å². The molecule has 3 unspecified atom stereocenters. The summed E-state index contributed by atoms with van der Waals surface area (Å²) in [6.45, 7) is -2.91. The molecular formula is C27H32F2N2O4S. The highest BCUT2D eigenvalue weighted by Gasteiger charge is 2.47. The molecule has 3 aliphatic rings. The summed E-state index contributed by atoms with van der Waals surface area (Å²) in [4.78, 5) is 18.3. The molecule has 2 aromatic rings. The van der Waals surface area contributed by atoms with Crippen molar-refractivity contribution in [2.24, 2.45) is 5.92 Å². The standard InChI is InChI=1S/C27H32F2N2O4S/c1-30-20-11-12-21(30)16-22(15-20)31(25(32)17-36(33,34)24-5-3-2-4-6-24)26(18-7-8-18)19-9-13-23(14-10-19)35-27(28)29/h2-6,9-10,13-14,18,20-22,26-27H,7-8,11-12,15-17H2,1H3. The third-order valence-electron chi connectivity index (χ3n) is 7.99. The molecule has 5 rings (SSSR count). The van der Waals surface area contributed by atoms with Gasteiger partial charge in [-0.25, -0.2) is 8.42 Å². The molecule has 2 heterocycles. The zero-order valence-corrected chi connectivity index (χ0v) is 21.1. The molecule has 0 N–H and O–H groups in total. The summed E-state index contributed by atoms with van der Waals surface area (Å²) in [5.74, 6) is -0.704. The lowest BCUT2D eigenvalue weighted by Crippen LogP contribution is -2.53. The molecule has 6 nitrogen and oxygen atoms in total. The molecule has 2 saturated heterocycles. The number of rotatable bonds is 9. The van der Waals surface area contributed by atoms with E-state index in [4.69, 9.17) is 0 Å². The van der Waals surface area contributed by atoms with Gasteiger partial charge in [0, 0.05) is 18.1 Å². The molecule has 1 saturated carbocycles. The molecule has 194 valence electrons. The van der Waals surface area contributed by atoms with Crippen LogP contribution < -0.4 is 4.74 Å². The van der Waals surface area contributed by atoms with Gasteiger partial charge in [-0.05, 0) is 81.3 Å². The predicted molar refractivity (Wildman–Crippen MR) is 131 cm³/mol. The highest BCUT2D eigenvalue weighted by atomic mass is 32.2. The summed E-state index contributed by atoms with van der Waals surface area (Å²) in [6.07, 6.45) is 5.65. The van der Waals surface area contributed by atoms with Gasteiger partial charge in [0.15, 0.2) is 9.84 Å². The van der Waals surface area contributed by atoms with Crippen molar-refractivity contribution < 1.29 is 26.7 Å². The Kier molecular flexibility index (Phi) is 7.05. The third-order valence-corrected chi connectivity index (χ3v) is 9.60. The second-order valence-corrected chi connectivity index (χ2v) is 12.3. The second kappa shape index (κ2) is 10.1. The van der Waals surface area contributed by atoms with E-state index in [-0.39, 0.29) is 28.6 Å². The number of sulfone groups is 1. The minimum atomic E-state index is -3.81. The van der Waals surface area contributed by atoms with Gasteiger partial charge in [0.2, 0.25) is 5.91 Å². The van der Waals surface area contributed by atoms with Crippen LogP contribution in [0.3, 0.4) is 0 Å². The zero-order valence-electron chi connectivity index (χ0n) is 20.3. The summed E-state index contributed by atoms with van der Waals surface area (Å²) in [5, 5.41) is 0. The molecule has 2 aliphatic heterocycles. The number of piperidine rings is 1. The smallest absolute Gasteiger partial charge is 0.387 e. The van der Waals surface area contributed by atoms with Crippen LogP contribution in [-0.4, -0.2) is 61.7 Å². The first-order valence-corrected chi connectivity index (χ1v) is 14.2. The van der Waals surface area contributed by atoms with Gasteiger partial charge in [-0.2, -0.15) is 8.78 Å². The molecule has 1 aliphatic carbocycles. The summed E-state index contributed by atoms with van der Waals surface area (Å²) >= 11 is 0. The molecule has 3 atom stereocenters. The zero-order chi connectivity index (χ0) is 25.4. The van der Waals surface area contributed by atoms with Crippen LogP contribution in [0, 0.1) is 5.92 Å². The lowest BCUT2D eigenvalue weighted by molar-refractivity contribution is -0.136. The van der Waals surface area contributed by atoms with E-state index in [1.54, 1.807) is 30.3 Å². The van der Waals surface area contributed by atoms with Crippen LogP contribution in [-0.2, 0) is 14.6 Å². The number of amides is 1. The predicted octanol–water partition coefficient (Wildman–Crippen LogP) is 4.67. The van der Waals surface area contributed by atoms with Gasteiger partial charge in [-0.1, -0.05) is 30.3 Å². The van der Waals surface area contributed by atoms with Crippen LogP contribution >= 0.6 is 0 Å². The Labute approximate surface area is 211 Å². The van der Waals surface area contributed by atoms with E-state index in [2.05, 4.69) is 16.7 Å². The van der Waals surface area contributed by atoms with E-state index in [1.807, 2.05) is 4.90 Å². The highest BCUT2D eigenvalue weighted by molar-refractivity contribution is 7.92. The maximum Gasteiger partial charge on any atom is 0.387 e. The molecule has 1 amide bonds.